The summed E-state index contributed by atoms with van der Waals surface area (Å²) in [6.45, 7) is 4.29. The third kappa shape index (κ3) is 3.77. The molecule has 0 fully saturated rings. The van der Waals surface area contributed by atoms with Crippen molar-refractivity contribution in [3.8, 4) is 5.75 Å². The molecule has 1 amide bonds. The lowest BCUT2D eigenvalue weighted by Gasteiger charge is -2.24. The molecule has 0 aliphatic rings. The number of oxime groups is 1. The molecule has 20 heavy (non-hydrogen) atoms. The number of amidine groups is 1. The van der Waals surface area contributed by atoms with E-state index in [1.54, 1.807) is 6.92 Å². The Morgan fingerprint density at radius 1 is 1.55 bits per heavy atom. The predicted molar refractivity (Wildman–Crippen MR) is 77.3 cm³/mol. The Balaban J connectivity index is 2.95. The van der Waals surface area contributed by atoms with Crippen LogP contribution in [-0.2, 0) is 0 Å². The zero-order chi connectivity index (χ0) is 15.3. The number of rotatable bonds is 5. The lowest BCUT2D eigenvalue weighted by molar-refractivity contribution is 0.0753. The fourth-order valence-electron chi connectivity index (χ4n) is 1.73. The van der Waals surface area contributed by atoms with Crippen molar-refractivity contribution in [2.75, 3.05) is 13.1 Å². The summed E-state index contributed by atoms with van der Waals surface area (Å²) in [5.41, 5.74) is 5.73. The van der Waals surface area contributed by atoms with Crippen LogP contribution in [0.5, 0.6) is 5.75 Å². The predicted octanol–water partition coefficient (Wildman–Crippen LogP) is 1.89. The number of halogens is 1. The summed E-state index contributed by atoms with van der Waals surface area (Å²) in [5.74, 6) is -0.581. The zero-order valence-corrected chi connectivity index (χ0v) is 12.1. The Morgan fingerprint density at radius 2 is 2.20 bits per heavy atom. The molecular weight excluding hydrogens is 282 g/mol. The molecule has 0 aliphatic heterocycles. The number of hydrogen-bond donors (Lipinski definition) is 3. The van der Waals surface area contributed by atoms with Crippen LogP contribution in [0.25, 0.3) is 0 Å². The molecule has 0 spiro atoms. The molecule has 1 aromatic carbocycles. The molecule has 4 N–H and O–H groups in total. The first kappa shape index (κ1) is 16.1. The number of carbonyl (C=O) groups excluding carboxylic acids is 1. The van der Waals surface area contributed by atoms with Crippen molar-refractivity contribution >= 4 is 23.3 Å². The molecule has 0 aromatic heterocycles. The average molecular weight is 300 g/mol. The number of phenolic OH excluding ortho intramolecular Hbond substituents is 1. The average Bonchev–Trinajstić information content (AvgIpc) is 2.45. The highest BCUT2D eigenvalue weighted by atomic mass is 35.5. The molecule has 110 valence electrons. The maximum atomic E-state index is 12.4. The van der Waals surface area contributed by atoms with Gasteiger partial charge in [-0.2, -0.15) is 0 Å². The van der Waals surface area contributed by atoms with Crippen LogP contribution in [0.2, 0.25) is 5.02 Å². The minimum atomic E-state index is -0.314. The van der Waals surface area contributed by atoms with Gasteiger partial charge < -0.3 is 20.9 Å². The fourth-order valence-corrected chi connectivity index (χ4v) is 1.92. The molecule has 6 nitrogen and oxygen atoms in total. The molecule has 1 unspecified atom stereocenters. The van der Waals surface area contributed by atoms with Crippen molar-refractivity contribution in [1.82, 2.24) is 4.90 Å². The van der Waals surface area contributed by atoms with Gasteiger partial charge in [0.15, 0.2) is 0 Å². The van der Waals surface area contributed by atoms with Gasteiger partial charge in [-0.15, -0.1) is 0 Å². The van der Waals surface area contributed by atoms with Gasteiger partial charge in [0.1, 0.15) is 11.6 Å². The van der Waals surface area contributed by atoms with Crippen LogP contribution < -0.4 is 5.73 Å². The summed E-state index contributed by atoms with van der Waals surface area (Å²) in [6, 6.07) is 4.20. The van der Waals surface area contributed by atoms with Gasteiger partial charge in [-0.3, -0.25) is 4.79 Å². The summed E-state index contributed by atoms with van der Waals surface area (Å²) in [6.07, 6.45) is 0. The Kier molecular flexibility index (Phi) is 5.64. The van der Waals surface area contributed by atoms with Crippen molar-refractivity contribution in [2.24, 2.45) is 16.8 Å². The fraction of sp³-hybridized carbons (Fsp3) is 0.385. The molecular formula is C13H18ClN3O3. The minimum absolute atomic E-state index is 0.0294. The monoisotopic (exact) mass is 299 g/mol. The SMILES string of the molecule is CCN(CC(C)/C(N)=N/O)C(=O)c1cc(O)ccc1Cl. The molecule has 1 aromatic rings. The van der Waals surface area contributed by atoms with Crippen LogP contribution in [0.4, 0.5) is 0 Å². The molecule has 0 aliphatic carbocycles. The quantitative estimate of drug-likeness (QED) is 0.334. The van der Waals surface area contributed by atoms with Gasteiger partial charge in [-0.1, -0.05) is 23.7 Å². The first-order valence-corrected chi connectivity index (χ1v) is 6.53. The van der Waals surface area contributed by atoms with E-state index in [0.29, 0.717) is 6.54 Å². The second kappa shape index (κ2) is 7.00. The second-order valence-electron chi connectivity index (χ2n) is 4.43. The maximum Gasteiger partial charge on any atom is 0.255 e. The summed E-state index contributed by atoms with van der Waals surface area (Å²) in [5, 5.41) is 21.3. The summed E-state index contributed by atoms with van der Waals surface area (Å²) < 4.78 is 0. The van der Waals surface area contributed by atoms with E-state index in [2.05, 4.69) is 5.16 Å². The largest absolute Gasteiger partial charge is 0.508 e. The third-order valence-corrected chi connectivity index (χ3v) is 3.29. The smallest absolute Gasteiger partial charge is 0.255 e. The first-order chi connectivity index (χ1) is 9.40. The van der Waals surface area contributed by atoms with Crippen molar-refractivity contribution in [1.29, 1.82) is 0 Å². The van der Waals surface area contributed by atoms with Crippen LogP contribution >= 0.6 is 11.6 Å². The molecule has 0 radical (unpaired) electrons. The van der Waals surface area contributed by atoms with Crippen LogP contribution in [-0.4, -0.2) is 40.0 Å². The van der Waals surface area contributed by atoms with E-state index in [1.807, 2.05) is 6.92 Å². The van der Waals surface area contributed by atoms with Crippen LogP contribution in [0.3, 0.4) is 0 Å². The van der Waals surface area contributed by atoms with Gasteiger partial charge in [-0.05, 0) is 25.1 Å². The van der Waals surface area contributed by atoms with Crippen molar-refractivity contribution in [2.45, 2.75) is 13.8 Å². The standard InChI is InChI=1S/C13H18ClN3O3/c1-3-17(7-8(2)12(15)16-20)13(19)10-6-9(18)4-5-11(10)14/h4-6,8,18,20H,3,7H2,1-2H3,(H2,15,16). The van der Waals surface area contributed by atoms with Crippen molar-refractivity contribution in [3.05, 3.63) is 28.8 Å². The lowest BCUT2D eigenvalue weighted by atomic mass is 10.1. The highest BCUT2D eigenvalue weighted by Gasteiger charge is 2.21. The van der Waals surface area contributed by atoms with Gasteiger partial charge in [-0.25, -0.2) is 0 Å². The van der Waals surface area contributed by atoms with Gasteiger partial charge in [0.05, 0.1) is 10.6 Å². The lowest BCUT2D eigenvalue weighted by Crippen LogP contribution is -2.38. The number of phenols is 1. The number of nitrogens with two attached hydrogens (primary N) is 1. The minimum Gasteiger partial charge on any atom is -0.508 e. The number of carbonyl (C=O) groups is 1. The van der Waals surface area contributed by atoms with E-state index in [0.717, 1.165) is 0 Å². The van der Waals surface area contributed by atoms with E-state index < -0.39 is 0 Å². The first-order valence-electron chi connectivity index (χ1n) is 6.15. The molecule has 0 heterocycles. The number of benzene rings is 1. The van der Waals surface area contributed by atoms with Crippen molar-refractivity contribution in [3.63, 3.8) is 0 Å². The van der Waals surface area contributed by atoms with Crippen LogP contribution in [0.15, 0.2) is 23.4 Å². The Labute approximate surface area is 122 Å². The zero-order valence-electron chi connectivity index (χ0n) is 11.4. The Morgan fingerprint density at radius 3 is 2.75 bits per heavy atom. The van der Waals surface area contributed by atoms with Gasteiger partial charge >= 0.3 is 0 Å². The van der Waals surface area contributed by atoms with Crippen molar-refractivity contribution < 1.29 is 15.1 Å². The van der Waals surface area contributed by atoms with Gasteiger partial charge in [0, 0.05) is 19.0 Å². The van der Waals surface area contributed by atoms with Crippen LogP contribution in [0, 0.1) is 5.92 Å². The summed E-state index contributed by atoms with van der Waals surface area (Å²) in [7, 11) is 0. The van der Waals surface area contributed by atoms with E-state index in [1.165, 1.54) is 23.1 Å². The van der Waals surface area contributed by atoms with E-state index >= 15 is 0 Å². The summed E-state index contributed by atoms with van der Waals surface area (Å²) in [4.78, 5) is 13.9. The third-order valence-electron chi connectivity index (χ3n) is 2.96. The normalized spacial score (nSPS) is 13.1. The molecule has 0 saturated carbocycles. The van der Waals surface area contributed by atoms with Crippen LogP contribution in [0.1, 0.15) is 24.2 Å². The molecule has 7 heteroatoms. The molecule has 0 saturated heterocycles. The summed E-state index contributed by atoms with van der Waals surface area (Å²) >= 11 is 5.97. The number of nitrogens with zero attached hydrogens (tertiary/aromatic N) is 2. The maximum absolute atomic E-state index is 12.4. The van der Waals surface area contributed by atoms with E-state index in [9.17, 15) is 9.90 Å². The van der Waals surface area contributed by atoms with Gasteiger partial charge in [0.2, 0.25) is 0 Å². The number of aromatic hydroxyl groups is 1. The Bertz CT molecular complexity index is 520. The molecule has 1 atom stereocenters. The number of amides is 1. The van der Waals surface area contributed by atoms with Gasteiger partial charge in [0.25, 0.3) is 5.91 Å². The highest BCUT2D eigenvalue weighted by molar-refractivity contribution is 6.33. The molecule has 1 rings (SSSR count). The molecule has 0 bridgehead atoms. The van der Waals surface area contributed by atoms with E-state index in [4.69, 9.17) is 22.5 Å². The Hall–Kier alpha value is -1.95. The second-order valence-corrected chi connectivity index (χ2v) is 4.84. The number of hydrogen-bond acceptors (Lipinski definition) is 4. The van der Waals surface area contributed by atoms with E-state index in [-0.39, 0.29) is 40.5 Å². The topological polar surface area (TPSA) is 99.1 Å². The highest BCUT2D eigenvalue weighted by Crippen LogP contribution is 2.23.